The molecular formula is C13H16O2. The number of hydrogen-bond acceptors (Lipinski definition) is 2. The normalized spacial score (nSPS) is 19.4. The minimum atomic E-state index is 0.323. The maximum Gasteiger partial charge on any atom is 0.119 e. The molecule has 1 heterocycles. The molecule has 1 aliphatic rings. The zero-order valence-electron chi connectivity index (χ0n) is 8.98. The molecule has 0 bridgehead atoms. The van der Waals surface area contributed by atoms with Crippen LogP contribution in [0.3, 0.4) is 0 Å². The molecule has 0 N–H and O–H groups in total. The van der Waals surface area contributed by atoms with Gasteiger partial charge in [0.1, 0.15) is 18.5 Å². The fourth-order valence-electron chi connectivity index (χ4n) is 1.37. The molecule has 0 aromatic heterocycles. The van der Waals surface area contributed by atoms with Crippen LogP contribution >= 0.6 is 0 Å². The molecule has 0 amide bonds. The van der Waals surface area contributed by atoms with E-state index in [0.717, 1.165) is 18.8 Å². The minimum Gasteiger partial charge on any atom is -0.491 e. The van der Waals surface area contributed by atoms with Gasteiger partial charge in [-0.15, -0.1) is 0 Å². The lowest BCUT2D eigenvalue weighted by atomic mass is 10.1. The molecule has 15 heavy (non-hydrogen) atoms. The highest BCUT2D eigenvalue weighted by Crippen LogP contribution is 2.17. The van der Waals surface area contributed by atoms with Crippen molar-refractivity contribution in [2.24, 2.45) is 0 Å². The van der Waals surface area contributed by atoms with Gasteiger partial charge in [-0.1, -0.05) is 24.3 Å². The number of hydrogen-bond donors (Lipinski definition) is 0. The Balaban J connectivity index is 1.91. The third-order valence-corrected chi connectivity index (χ3v) is 2.33. The first-order chi connectivity index (χ1) is 7.38. The third kappa shape index (κ3) is 3.40. The van der Waals surface area contributed by atoms with Gasteiger partial charge in [-0.25, -0.2) is 0 Å². The predicted molar refractivity (Wildman–Crippen MR) is 60.2 cm³/mol. The zero-order chi connectivity index (χ0) is 10.5. The van der Waals surface area contributed by atoms with Crippen LogP contribution in [-0.2, 0) is 11.2 Å². The Morgan fingerprint density at radius 1 is 1.53 bits per heavy atom. The van der Waals surface area contributed by atoms with Gasteiger partial charge in [0.15, 0.2) is 0 Å². The summed E-state index contributed by atoms with van der Waals surface area (Å²) in [5.41, 5.74) is 1.28. The van der Waals surface area contributed by atoms with E-state index in [1.54, 1.807) is 0 Å². The monoisotopic (exact) mass is 204 g/mol. The number of allylic oxidation sites excluding steroid dienone is 2. The molecule has 0 aliphatic carbocycles. The van der Waals surface area contributed by atoms with Crippen LogP contribution in [-0.4, -0.2) is 19.3 Å². The average molecular weight is 204 g/mol. The molecule has 2 nitrogen and oxygen atoms in total. The zero-order valence-corrected chi connectivity index (χ0v) is 8.98. The van der Waals surface area contributed by atoms with Crippen LogP contribution in [0.15, 0.2) is 36.4 Å². The summed E-state index contributed by atoms with van der Waals surface area (Å²) in [5, 5.41) is 0. The Labute approximate surface area is 90.5 Å². The van der Waals surface area contributed by atoms with Crippen LogP contribution in [0.5, 0.6) is 5.75 Å². The fraction of sp³-hybridized carbons (Fsp3) is 0.385. The summed E-state index contributed by atoms with van der Waals surface area (Å²) in [7, 11) is 0. The average Bonchev–Trinajstić information content (AvgIpc) is 3.08. The van der Waals surface area contributed by atoms with Crippen molar-refractivity contribution in [3.63, 3.8) is 0 Å². The van der Waals surface area contributed by atoms with Gasteiger partial charge in [-0.05, 0) is 31.0 Å². The smallest absolute Gasteiger partial charge is 0.119 e. The molecule has 1 saturated heterocycles. The highest BCUT2D eigenvalue weighted by Gasteiger charge is 2.22. The fourth-order valence-corrected chi connectivity index (χ4v) is 1.37. The largest absolute Gasteiger partial charge is 0.491 e. The summed E-state index contributed by atoms with van der Waals surface area (Å²) in [4.78, 5) is 0. The standard InChI is InChI=1S/C13H16O2/c1-2-3-5-11-6-4-7-12(8-11)14-9-13-10-15-13/h2-4,6-8,13H,5,9-10H2,1H3/b3-2+. The number of rotatable bonds is 5. The quantitative estimate of drug-likeness (QED) is 0.543. The van der Waals surface area contributed by atoms with Crippen LogP contribution in [0.2, 0.25) is 0 Å². The molecule has 80 valence electrons. The van der Waals surface area contributed by atoms with Gasteiger partial charge in [-0.2, -0.15) is 0 Å². The predicted octanol–water partition coefficient (Wildman–Crippen LogP) is 2.58. The second-order valence-corrected chi connectivity index (χ2v) is 3.69. The lowest BCUT2D eigenvalue weighted by Gasteiger charge is -2.05. The van der Waals surface area contributed by atoms with Gasteiger partial charge in [0.05, 0.1) is 6.61 Å². The van der Waals surface area contributed by atoms with E-state index < -0.39 is 0 Å². The Kier molecular flexibility index (Phi) is 3.41. The highest BCUT2D eigenvalue weighted by molar-refractivity contribution is 5.29. The SMILES string of the molecule is C/C=C/Cc1cccc(OCC2CO2)c1. The summed E-state index contributed by atoms with van der Waals surface area (Å²) in [6.45, 7) is 3.55. The summed E-state index contributed by atoms with van der Waals surface area (Å²) in [6, 6.07) is 8.21. The summed E-state index contributed by atoms with van der Waals surface area (Å²) in [5.74, 6) is 0.938. The van der Waals surface area contributed by atoms with Gasteiger partial charge in [-0.3, -0.25) is 0 Å². The molecule has 1 unspecified atom stereocenters. The second kappa shape index (κ2) is 4.99. The first-order valence-electron chi connectivity index (χ1n) is 5.33. The number of ether oxygens (including phenoxy) is 2. The van der Waals surface area contributed by atoms with E-state index >= 15 is 0 Å². The van der Waals surface area contributed by atoms with Crippen molar-refractivity contribution in [1.82, 2.24) is 0 Å². The Bertz CT molecular complexity index is 340. The topological polar surface area (TPSA) is 21.8 Å². The van der Waals surface area contributed by atoms with E-state index in [4.69, 9.17) is 9.47 Å². The third-order valence-electron chi connectivity index (χ3n) is 2.33. The molecule has 1 aliphatic heterocycles. The van der Waals surface area contributed by atoms with Gasteiger partial charge in [0, 0.05) is 0 Å². The Morgan fingerprint density at radius 2 is 2.40 bits per heavy atom. The van der Waals surface area contributed by atoms with Crippen LogP contribution in [0.25, 0.3) is 0 Å². The molecule has 2 rings (SSSR count). The van der Waals surface area contributed by atoms with Crippen LogP contribution in [0.4, 0.5) is 0 Å². The van der Waals surface area contributed by atoms with Gasteiger partial charge in [0.25, 0.3) is 0 Å². The second-order valence-electron chi connectivity index (χ2n) is 3.69. The van der Waals surface area contributed by atoms with Crippen molar-refractivity contribution < 1.29 is 9.47 Å². The Morgan fingerprint density at radius 3 is 3.13 bits per heavy atom. The van der Waals surface area contributed by atoms with Gasteiger partial charge >= 0.3 is 0 Å². The first-order valence-corrected chi connectivity index (χ1v) is 5.33. The summed E-state index contributed by atoms with van der Waals surface area (Å²) in [6.07, 6.45) is 5.49. The maximum absolute atomic E-state index is 5.60. The summed E-state index contributed by atoms with van der Waals surface area (Å²) >= 11 is 0. The van der Waals surface area contributed by atoms with E-state index in [1.165, 1.54) is 5.56 Å². The van der Waals surface area contributed by atoms with Crippen LogP contribution in [0, 0.1) is 0 Å². The maximum atomic E-state index is 5.60. The van der Waals surface area contributed by atoms with E-state index in [2.05, 4.69) is 24.3 Å². The molecule has 1 fully saturated rings. The molecule has 0 spiro atoms. The number of epoxide rings is 1. The molecular weight excluding hydrogens is 188 g/mol. The Hall–Kier alpha value is -1.28. The van der Waals surface area contributed by atoms with Crippen molar-refractivity contribution in [1.29, 1.82) is 0 Å². The molecule has 1 aromatic rings. The van der Waals surface area contributed by atoms with Gasteiger partial charge in [0.2, 0.25) is 0 Å². The van der Waals surface area contributed by atoms with Crippen molar-refractivity contribution in [2.45, 2.75) is 19.4 Å². The van der Waals surface area contributed by atoms with Crippen molar-refractivity contribution >= 4 is 0 Å². The molecule has 1 aromatic carbocycles. The summed E-state index contributed by atoms with van der Waals surface area (Å²) < 4.78 is 10.7. The van der Waals surface area contributed by atoms with Crippen molar-refractivity contribution in [2.75, 3.05) is 13.2 Å². The van der Waals surface area contributed by atoms with Gasteiger partial charge < -0.3 is 9.47 Å². The highest BCUT2D eigenvalue weighted by atomic mass is 16.6. The van der Waals surface area contributed by atoms with E-state index in [-0.39, 0.29) is 0 Å². The molecule has 2 heteroatoms. The molecule has 0 radical (unpaired) electrons. The lowest BCUT2D eigenvalue weighted by Crippen LogP contribution is -2.04. The van der Waals surface area contributed by atoms with Crippen molar-refractivity contribution in [3.05, 3.63) is 42.0 Å². The lowest BCUT2D eigenvalue weighted by molar-refractivity contribution is 0.263. The van der Waals surface area contributed by atoms with E-state index in [1.807, 2.05) is 19.1 Å². The van der Waals surface area contributed by atoms with E-state index in [9.17, 15) is 0 Å². The van der Waals surface area contributed by atoms with E-state index in [0.29, 0.717) is 12.7 Å². The number of benzene rings is 1. The van der Waals surface area contributed by atoms with Crippen molar-refractivity contribution in [3.8, 4) is 5.75 Å². The first kappa shape index (κ1) is 10.2. The van der Waals surface area contributed by atoms with Crippen LogP contribution in [0.1, 0.15) is 12.5 Å². The molecule has 0 saturated carbocycles. The van der Waals surface area contributed by atoms with Crippen LogP contribution < -0.4 is 4.74 Å². The molecule has 1 atom stereocenters. The minimum absolute atomic E-state index is 0.323.